The third-order valence-electron chi connectivity index (χ3n) is 4.46. The van der Waals surface area contributed by atoms with Crippen molar-refractivity contribution >= 4 is 0 Å². The lowest BCUT2D eigenvalue weighted by Gasteiger charge is -2.34. The second-order valence-corrected chi connectivity index (χ2v) is 6.33. The number of nitrogens with one attached hydrogen (secondary N) is 1. The minimum absolute atomic E-state index is 0.319. The molecule has 0 aromatic carbocycles. The first-order chi connectivity index (χ1) is 8.65. The quantitative estimate of drug-likeness (QED) is 0.786. The zero-order valence-corrected chi connectivity index (χ0v) is 11.9. The summed E-state index contributed by atoms with van der Waals surface area (Å²) in [5.41, 5.74) is -0.319. The number of hydrogen-bond donors (Lipinski definition) is 1. The van der Waals surface area contributed by atoms with E-state index in [0.29, 0.717) is 6.04 Å². The molecule has 3 nitrogen and oxygen atoms in total. The Morgan fingerprint density at radius 1 is 1.39 bits per heavy atom. The van der Waals surface area contributed by atoms with Crippen molar-refractivity contribution in [1.82, 2.24) is 10.2 Å². The predicted molar refractivity (Wildman–Crippen MR) is 74.2 cm³/mol. The first kappa shape index (κ1) is 13.8. The third-order valence-corrected chi connectivity index (χ3v) is 4.46. The van der Waals surface area contributed by atoms with Gasteiger partial charge in [-0.2, -0.15) is 5.26 Å². The lowest BCUT2D eigenvalue weighted by atomic mass is 9.94. The molecule has 0 amide bonds. The molecule has 2 unspecified atom stereocenters. The van der Waals surface area contributed by atoms with E-state index in [1.165, 1.54) is 45.2 Å². The van der Waals surface area contributed by atoms with Gasteiger partial charge in [-0.3, -0.25) is 5.32 Å². The van der Waals surface area contributed by atoms with Gasteiger partial charge in [0.2, 0.25) is 0 Å². The van der Waals surface area contributed by atoms with Crippen LogP contribution in [0, 0.1) is 17.2 Å². The molecule has 3 heteroatoms. The van der Waals surface area contributed by atoms with Gasteiger partial charge in [0.1, 0.15) is 5.54 Å². The lowest BCUT2D eigenvalue weighted by Crippen LogP contribution is -2.46. The van der Waals surface area contributed by atoms with Crippen LogP contribution in [0.4, 0.5) is 0 Å². The summed E-state index contributed by atoms with van der Waals surface area (Å²) in [5, 5.41) is 12.9. The summed E-state index contributed by atoms with van der Waals surface area (Å²) in [7, 11) is 0. The molecule has 2 atom stereocenters. The normalized spacial score (nSPS) is 28.6. The summed E-state index contributed by atoms with van der Waals surface area (Å²) in [4.78, 5) is 2.56. The van der Waals surface area contributed by atoms with E-state index in [-0.39, 0.29) is 5.54 Å². The first-order valence-electron chi connectivity index (χ1n) is 7.56. The van der Waals surface area contributed by atoms with E-state index >= 15 is 0 Å². The molecule has 1 aliphatic heterocycles. The van der Waals surface area contributed by atoms with Gasteiger partial charge in [-0.1, -0.05) is 13.3 Å². The Kier molecular flexibility index (Phi) is 4.64. The fraction of sp³-hybridized carbons (Fsp3) is 0.933. The molecule has 0 aromatic heterocycles. The van der Waals surface area contributed by atoms with Gasteiger partial charge in [-0.15, -0.1) is 0 Å². The van der Waals surface area contributed by atoms with Crippen molar-refractivity contribution in [3.8, 4) is 6.07 Å². The molecule has 2 aliphatic rings. The Labute approximate surface area is 112 Å². The number of piperidine rings is 1. The SMILES string of the molecule is CCC1CCCN(CCC(C)(C#N)NC2CC2)C1. The Morgan fingerprint density at radius 3 is 2.78 bits per heavy atom. The topological polar surface area (TPSA) is 39.1 Å². The molecule has 1 saturated heterocycles. The average Bonchev–Trinajstić information content (AvgIpc) is 3.20. The largest absolute Gasteiger partial charge is 0.303 e. The second kappa shape index (κ2) is 6.04. The number of nitriles is 1. The van der Waals surface area contributed by atoms with Crippen LogP contribution in [0.2, 0.25) is 0 Å². The van der Waals surface area contributed by atoms with Crippen molar-refractivity contribution in [2.45, 2.75) is 64.0 Å². The third kappa shape index (κ3) is 3.96. The van der Waals surface area contributed by atoms with Crippen LogP contribution >= 0.6 is 0 Å². The van der Waals surface area contributed by atoms with Gasteiger partial charge < -0.3 is 4.90 Å². The summed E-state index contributed by atoms with van der Waals surface area (Å²) in [6.45, 7) is 7.89. The van der Waals surface area contributed by atoms with Gasteiger partial charge in [0.15, 0.2) is 0 Å². The van der Waals surface area contributed by atoms with E-state index in [9.17, 15) is 5.26 Å². The Balaban J connectivity index is 1.76. The van der Waals surface area contributed by atoms with Crippen LogP contribution in [0.25, 0.3) is 0 Å². The number of nitrogens with zero attached hydrogens (tertiary/aromatic N) is 2. The van der Waals surface area contributed by atoms with Crippen molar-refractivity contribution in [3.05, 3.63) is 0 Å². The van der Waals surface area contributed by atoms with Crippen molar-refractivity contribution in [2.24, 2.45) is 5.92 Å². The van der Waals surface area contributed by atoms with Crippen molar-refractivity contribution in [3.63, 3.8) is 0 Å². The van der Waals surface area contributed by atoms with E-state index in [2.05, 4.69) is 30.1 Å². The molecular formula is C15H27N3. The zero-order valence-electron chi connectivity index (χ0n) is 11.9. The maximum Gasteiger partial charge on any atom is 0.105 e. The molecule has 2 rings (SSSR count). The van der Waals surface area contributed by atoms with E-state index in [4.69, 9.17) is 0 Å². The fourth-order valence-corrected chi connectivity index (χ4v) is 2.91. The molecule has 1 aliphatic carbocycles. The Hall–Kier alpha value is -0.590. The highest BCUT2D eigenvalue weighted by atomic mass is 15.1. The highest BCUT2D eigenvalue weighted by Crippen LogP contribution is 2.25. The monoisotopic (exact) mass is 249 g/mol. The average molecular weight is 249 g/mol. The van der Waals surface area contributed by atoms with Crippen LogP contribution in [0.15, 0.2) is 0 Å². The van der Waals surface area contributed by atoms with Gasteiger partial charge in [-0.05, 0) is 51.5 Å². The summed E-state index contributed by atoms with van der Waals surface area (Å²) in [6, 6.07) is 3.09. The van der Waals surface area contributed by atoms with Gasteiger partial charge >= 0.3 is 0 Å². The van der Waals surface area contributed by atoms with E-state index in [1.54, 1.807) is 0 Å². The number of likely N-dealkylation sites (tertiary alicyclic amines) is 1. The maximum atomic E-state index is 9.36. The number of rotatable bonds is 6. The summed E-state index contributed by atoms with van der Waals surface area (Å²) < 4.78 is 0. The second-order valence-electron chi connectivity index (χ2n) is 6.33. The van der Waals surface area contributed by atoms with Crippen LogP contribution in [0.1, 0.15) is 52.4 Å². The van der Waals surface area contributed by atoms with E-state index in [0.717, 1.165) is 18.9 Å². The summed E-state index contributed by atoms with van der Waals surface area (Å²) in [6.07, 6.45) is 7.47. The highest BCUT2D eigenvalue weighted by molar-refractivity contribution is 5.07. The molecule has 102 valence electrons. The van der Waals surface area contributed by atoms with Gasteiger partial charge in [-0.25, -0.2) is 0 Å². The fourth-order valence-electron chi connectivity index (χ4n) is 2.91. The molecule has 2 fully saturated rings. The standard InChI is InChI=1S/C15H27N3/c1-3-13-5-4-9-18(11-13)10-8-15(2,12-16)17-14-6-7-14/h13-14,17H,3-11H2,1-2H3. The molecule has 0 spiro atoms. The first-order valence-corrected chi connectivity index (χ1v) is 7.56. The van der Waals surface area contributed by atoms with Crippen LogP contribution in [0.5, 0.6) is 0 Å². The van der Waals surface area contributed by atoms with Gasteiger partial charge in [0.25, 0.3) is 0 Å². The predicted octanol–water partition coefficient (Wildman–Crippen LogP) is 2.53. The van der Waals surface area contributed by atoms with Crippen LogP contribution < -0.4 is 5.32 Å². The zero-order chi connectivity index (χ0) is 13.0. The number of hydrogen-bond acceptors (Lipinski definition) is 3. The smallest absolute Gasteiger partial charge is 0.105 e. The molecule has 0 bridgehead atoms. The Morgan fingerprint density at radius 2 is 2.17 bits per heavy atom. The summed E-state index contributed by atoms with van der Waals surface area (Å²) in [5.74, 6) is 0.878. The molecule has 0 radical (unpaired) electrons. The maximum absolute atomic E-state index is 9.36. The van der Waals surface area contributed by atoms with Crippen molar-refractivity contribution < 1.29 is 0 Å². The van der Waals surface area contributed by atoms with Crippen molar-refractivity contribution in [1.29, 1.82) is 5.26 Å². The molecular weight excluding hydrogens is 222 g/mol. The van der Waals surface area contributed by atoms with Crippen LogP contribution in [0.3, 0.4) is 0 Å². The summed E-state index contributed by atoms with van der Waals surface area (Å²) >= 11 is 0. The molecule has 0 aromatic rings. The van der Waals surface area contributed by atoms with Crippen molar-refractivity contribution in [2.75, 3.05) is 19.6 Å². The van der Waals surface area contributed by atoms with Crippen LogP contribution in [-0.2, 0) is 0 Å². The lowest BCUT2D eigenvalue weighted by molar-refractivity contribution is 0.160. The molecule has 1 N–H and O–H groups in total. The van der Waals surface area contributed by atoms with Crippen LogP contribution in [-0.4, -0.2) is 36.1 Å². The van der Waals surface area contributed by atoms with Gasteiger partial charge in [0.05, 0.1) is 6.07 Å². The molecule has 1 heterocycles. The Bertz CT molecular complexity index is 305. The minimum atomic E-state index is -0.319. The minimum Gasteiger partial charge on any atom is -0.303 e. The highest BCUT2D eigenvalue weighted by Gasteiger charge is 2.33. The van der Waals surface area contributed by atoms with E-state index < -0.39 is 0 Å². The van der Waals surface area contributed by atoms with Gasteiger partial charge in [0, 0.05) is 19.1 Å². The van der Waals surface area contributed by atoms with E-state index in [1.807, 2.05) is 0 Å². The molecule has 18 heavy (non-hydrogen) atoms. The molecule has 1 saturated carbocycles.